The molecule has 3 heteroatoms. The number of halogens is 1. The quantitative estimate of drug-likeness (QED) is 0.694. The Hall–Kier alpha value is -1.02. The summed E-state index contributed by atoms with van der Waals surface area (Å²) in [6, 6.07) is 6.94. The second-order valence-corrected chi connectivity index (χ2v) is 6.35. The van der Waals surface area contributed by atoms with E-state index in [1.54, 1.807) is 0 Å². The fraction of sp³-hybridized carbons (Fsp3) is 0.562. The SMILES string of the molecule is Cc1cccc2nc(C(C)Cl)n(C3CCCCC3)c12. The maximum Gasteiger partial charge on any atom is 0.127 e. The second kappa shape index (κ2) is 5.16. The summed E-state index contributed by atoms with van der Waals surface area (Å²) in [5.74, 6) is 1.04. The van der Waals surface area contributed by atoms with E-state index >= 15 is 0 Å². The van der Waals surface area contributed by atoms with Crippen molar-refractivity contribution in [3.8, 4) is 0 Å². The zero-order valence-electron chi connectivity index (χ0n) is 11.7. The minimum atomic E-state index is -0.0336. The van der Waals surface area contributed by atoms with Crippen molar-refractivity contribution in [3.05, 3.63) is 29.6 Å². The summed E-state index contributed by atoms with van der Waals surface area (Å²) in [6.45, 7) is 4.20. The molecule has 0 spiro atoms. The minimum absolute atomic E-state index is 0.0336. The summed E-state index contributed by atoms with van der Waals surface area (Å²) in [5, 5.41) is -0.0336. The Bertz CT molecular complexity index is 580. The molecule has 1 atom stereocenters. The fourth-order valence-corrected chi connectivity index (χ4v) is 3.48. The molecule has 1 heterocycles. The highest BCUT2D eigenvalue weighted by Gasteiger charge is 2.23. The summed E-state index contributed by atoms with van der Waals surface area (Å²) >= 11 is 6.37. The van der Waals surface area contributed by atoms with Gasteiger partial charge in [0.25, 0.3) is 0 Å². The number of imidazole rings is 1. The third-order valence-corrected chi connectivity index (χ3v) is 4.43. The number of fused-ring (bicyclic) bond motifs is 1. The normalized spacial score (nSPS) is 18.9. The number of alkyl halides is 1. The highest BCUT2D eigenvalue weighted by molar-refractivity contribution is 6.20. The van der Waals surface area contributed by atoms with Crippen LogP contribution in [0.1, 0.15) is 61.8 Å². The molecule has 0 N–H and O–H groups in total. The average molecular weight is 277 g/mol. The van der Waals surface area contributed by atoms with E-state index in [2.05, 4.69) is 29.7 Å². The van der Waals surface area contributed by atoms with Gasteiger partial charge in [0.15, 0.2) is 0 Å². The van der Waals surface area contributed by atoms with E-state index in [1.807, 2.05) is 6.92 Å². The van der Waals surface area contributed by atoms with E-state index in [-0.39, 0.29) is 5.38 Å². The molecule has 1 unspecified atom stereocenters. The molecule has 19 heavy (non-hydrogen) atoms. The largest absolute Gasteiger partial charge is 0.323 e. The van der Waals surface area contributed by atoms with Crippen molar-refractivity contribution in [1.29, 1.82) is 0 Å². The van der Waals surface area contributed by atoms with Gasteiger partial charge in [-0.15, -0.1) is 11.6 Å². The van der Waals surface area contributed by atoms with Crippen molar-refractivity contribution in [2.75, 3.05) is 0 Å². The third kappa shape index (κ3) is 2.27. The maximum atomic E-state index is 6.37. The van der Waals surface area contributed by atoms with Gasteiger partial charge in [-0.05, 0) is 38.3 Å². The van der Waals surface area contributed by atoms with Crippen LogP contribution in [0.15, 0.2) is 18.2 Å². The van der Waals surface area contributed by atoms with Crippen LogP contribution in [-0.4, -0.2) is 9.55 Å². The van der Waals surface area contributed by atoms with Crippen LogP contribution in [0.25, 0.3) is 11.0 Å². The first-order chi connectivity index (χ1) is 9.18. The summed E-state index contributed by atoms with van der Waals surface area (Å²) in [4.78, 5) is 4.78. The van der Waals surface area contributed by atoms with Crippen molar-refractivity contribution in [3.63, 3.8) is 0 Å². The number of para-hydroxylation sites is 1. The molecule has 2 nitrogen and oxygen atoms in total. The van der Waals surface area contributed by atoms with E-state index in [9.17, 15) is 0 Å². The van der Waals surface area contributed by atoms with Crippen LogP contribution in [0.4, 0.5) is 0 Å². The number of aryl methyl sites for hydroxylation is 1. The van der Waals surface area contributed by atoms with E-state index in [0.717, 1.165) is 11.3 Å². The summed E-state index contributed by atoms with van der Waals surface area (Å²) in [7, 11) is 0. The predicted octanol–water partition coefficient (Wildman–Crippen LogP) is 5.15. The van der Waals surface area contributed by atoms with Crippen LogP contribution in [0, 0.1) is 6.92 Å². The standard InChI is InChI=1S/C16H21ClN2/c1-11-7-6-10-14-15(11)19(16(18-14)12(2)17)13-8-4-3-5-9-13/h6-7,10,12-13H,3-5,8-9H2,1-2H3. The Kier molecular flexibility index (Phi) is 3.53. The molecule has 1 aromatic heterocycles. The van der Waals surface area contributed by atoms with Crippen LogP contribution < -0.4 is 0 Å². The van der Waals surface area contributed by atoms with Gasteiger partial charge in [0.05, 0.1) is 16.4 Å². The zero-order chi connectivity index (χ0) is 13.4. The Morgan fingerprint density at radius 2 is 2.00 bits per heavy atom. The molecule has 1 aliphatic carbocycles. The van der Waals surface area contributed by atoms with Crippen LogP contribution in [0.2, 0.25) is 0 Å². The van der Waals surface area contributed by atoms with Gasteiger partial charge in [0.1, 0.15) is 5.82 Å². The molecule has 1 fully saturated rings. The van der Waals surface area contributed by atoms with Gasteiger partial charge in [-0.3, -0.25) is 0 Å². The van der Waals surface area contributed by atoms with E-state index in [4.69, 9.17) is 16.6 Å². The van der Waals surface area contributed by atoms with Gasteiger partial charge in [-0.2, -0.15) is 0 Å². The van der Waals surface area contributed by atoms with Crippen LogP contribution >= 0.6 is 11.6 Å². The van der Waals surface area contributed by atoms with Crippen molar-refractivity contribution >= 4 is 22.6 Å². The number of aromatic nitrogens is 2. The maximum absolute atomic E-state index is 6.37. The molecule has 0 aliphatic heterocycles. The fourth-order valence-electron chi connectivity index (χ4n) is 3.33. The lowest BCUT2D eigenvalue weighted by molar-refractivity contribution is 0.352. The predicted molar refractivity (Wildman–Crippen MR) is 80.9 cm³/mol. The van der Waals surface area contributed by atoms with Gasteiger partial charge in [-0.25, -0.2) is 4.98 Å². The molecule has 0 saturated heterocycles. The third-order valence-electron chi connectivity index (χ3n) is 4.23. The van der Waals surface area contributed by atoms with Gasteiger partial charge >= 0.3 is 0 Å². The molecule has 0 radical (unpaired) electrons. The van der Waals surface area contributed by atoms with Crippen molar-refractivity contribution < 1.29 is 0 Å². The molecular weight excluding hydrogens is 256 g/mol. The second-order valence-electron chi connectivity index (χ2n) is 5.69. The van der Waals surface area contributed by atoms with Crippen LogP contribution in [0.3, 0.4) is 0 Å². The molecule has 1 aromatic carbocycles. The number of hydrogen-bond acceptors (Lipinski definition) is 1. The first kappa shape index (κ1) is 13.0. The van der Waals surface area contributed by atoms with E-state index in [0.29, 0.717) is 6.04 Å². The lowest BCUT2D eigenvalue weighted by atomic mass is 9.95. The summed E-state index contributed by atoms with van der Waals surface area (Å²) < 4.78 is 2.43. The van der Waals surface area contributed by atoms with Gasteiger partial charge in [0.2, 0.25) is 0 Å². The first-order valence-electron chi connectivity index (χ1n) is 7.30. The molecule has 1 aliphatic rings. The zero-order valence-corrected chi connectivity index (χ0v) is 12.5. The first-order valence-corrected chi connectivity index (χ1v) is 7.73. The van der Waals surface area contributed by atoms with E-state index < -0.39 is 0 Å². The molecule has 0 bridgehead atoms. The lowest BCUT2D eigenvalue weighted by Gasteiger charge is -2.26. The van der Waals surface area contributed by atoms with Crippen LogP contribution in [-0.2, 0) is 0 Å². The number of nitrogens with zero attached hydrogens (tertiary/aromatic N) is 2. The molecule has 1 saturated carbocycles. The molecule has 102 valence electrons. The monoisotopic (exact) mass is 276 g/mol. The Morgan fingerprint density at radius 3 is 2.68 bits per heavy atom. The topological polar surface area (TPSA) is 17.8 Å². The van der Waals surface area contributed by atoms with E-state index in [1.165, 1.54) is 43.2 Å². The summed E-state index contributed by atoms with van der Waals surface area (Å²) in [6.07, 6.45) is 6.54. The average Bonchev–Trinajstić information content (AvgIpc) is 2.81. The summed E-state index contributed by atoms with van der Waals surface area (Å²) in [5.41, 5.74) is 3.68. The van der Waals surface area contributed by atoms with Gasteiger partial charge < -0.3 is 4.57 Å². The highest BCUT2D eigenvalue weighted by Crippen LogP contribution is 2.36. The molecule has 3 rings (SSSR count). The van der Waals surface area contributed by atoms with Crippen molar-refractivity contribution in [2.45, 2.75) is 57.4 Å². The van der Waals surface area contributed by atoms with Crippen molar-refractivity contribution in [1.82, 2.24) is 9.55 Å². The molecular formula is C16H21ClN2. The molecule has 0 amide bonds. The van der Waals surface area contributed by atoms with Crippen LogP contribution in [0.5, 0.6) is 0 Å². The number of rotatable bonds is 2. The number of hydrogen-bond donors (Lipinski definition) is 0. The highest BCUT2D eigenvalue weighted by atomic mass is 35.5. The molecule has 2 aromatic rings. The Labute approximate surface area is 119 Å². The smallest absolute Gasteiger partial charge is 0.127 e. The van der Waals surface area contributed by atoms with Gasteiger partial charge in [0, 0.05) is 6.04 Å². The van der Waals surface area contributed by atoms with Gasteiger partial charge in [-0.1, -0.05) is 31.4 Å². The Balaban J connectivity index is 2.20. The lowest BCUT2D eigenvalue weighted by Crippen LogP contribution is -2.16. The Morgan fingerprint density at radius 1 is 1.26 bits per heavy atom. The minimum Gasteiger partial charge on any atom is -0.323 e. The van der Waals surface area contributed by atoms with Crippen molar-refractivity contribution in [2.24, 2.45) is 0 Å². The number of benzene rings is 1.